The van der Waals surface area contributed by atoms with Crippen molar-refractivity contribution in [3.63, 3.8) is 0 Å². The smallest absolute Gasteiger partial charge is 0.0626 e. The van der Waals surface area contributed by atoms with Crippen molar-refractivity contribution in [2.45, 2.75) is 0 Å². The maximum atomic E-state index is 6.18. The highest BCUT2D eigenvalue weighted by atomic mass is 79.9. The summed E-state index contributed by atoms with van der Waals surface area (Å²) in [5.41, 5.74) is 2.19. The van der Waals surface area contributed by atoms with Crippen LogP contribution in [-0.4, -0.2) is 0 Å². The average molecular weight is 268 g/mol. The number of hydrogen-bond acceptors (Lipinski definition) is 0. The molecule has 0 aliphatic carbocycles. The van der Waals surface area contributed by atoms with Gasteiger partial charge in [0.15, 0.2) is 0 Å². The molecule has 0 bridgehead atoms. The van der Waals surface area contributed by atoms with E-state index in [0.717, 1.165) is 20.6 Å². The Morgan fingerprint density at radius 3 is 2.29 bits per heavy atom. The maximum Gasteiger partial charge on any atom is 0.0626 e. The second kappa shape index (κ2) is 4.16. The fourth-order valence-corrected chi connectivity index (χ4v) is 1.95. The lowest BCUT2D eigenvalue weighted by Gasteiger charge is -2.05. The standard InChI is InChI=1S/C12H8BrCl/c13-11-8-4-7-10(12(11)14)9-5-2-1-3-6-9/h1-8H. The van der Waals surface area contributed by atoms with Gasteiger partial charge in [-0.05, 0) is 27.6 Å². The Labute approximate surface area is 96.7 Å². The monoisotopic (exact) mass is 266 g/mol. The first kappa shape index (κ1) is 9.75. The van der Waals surface area contributed by atoms with Crippen LogP contribution >= 0.6 is 27.5 Å². The minimum Gasteiger partial charge on any atom is -0.0824 e. The fraction of sp³-hybridized carbons (Fsp3) is 0. The second-order valence-electron chi connectivity index (χ2n) is 2.97. The van der Waals surface area contributed by atoms with Gasteiger partial charge in [-0.15, -0.1) is 0 Å². The van der Waals surface area contributed by atoms with Crippen LogP contribution in [0.5, 0.6) is 0 Å². The molecule has 14 heavy (non-hydrogen) atoms. The molecule has 0 unspecified atom stereocenters. The molecule has 0 heterocycles. The highest BCUT2D eigenvalue weighted by Gasteiger charge is 2.04. The third kappa shape index (κ3) is 1.84. The van der Waals surface area contributed by atoms with Crippen molar-refractivity contribution in [1.29, 1.82) is 0 Å². The van der Waals surface area contributed by atoms with E-state index in [2.05, 4.69) is 15.9 Å². The van der Waals surface area contributed by atoms with Crippen molar-refractivity contribution in [1.82, 2.24) is 0 Å². The molecule has 0 N–H and O–H groups in total. The van der Waals surface area contributed by atoms with Crippen LogP contribution < -0.4 is 0 Å². The molecule has 0 aliphatic heterocycles. The molecule has 2 aromatic carbocycles. The molecular weight excluding hydrogens is 259 g/mol. The van der Waals surface area contributed by atoms with E-state index in [4.69, 9.17) is 11.6 Å². The second-order valence-corrected chi connectivity index (χ2v) is 4.20. The first-order valence-electron chi connectivity index (χ1n) is 4.28. The molecule has 0 saturated heterocycles. The normalized spacial score (nSPS) is 10.1. The number of hydrogen-bond donors (Lipinski definition) is 0. The minimum absolute atomic E-state index is 0.763. The van der Waals surface area contributed by atoms with E-state index in [-0.39, 0.29) is 0 Å². The Balaban J connectivity index is 2.58. The van der Waals surface area contributed by atoms with Gasteiger partial charge >= 0.3 is 0 Å². The van der Waals surface area contributed by atoms with Gasteiger partial charge in [0.1, 0.15) is 0 Å². The van der Waals surface area contributed by atoms with E-state index in [1.807, 2.05) is 48.5 Å². The van der Waals surface area contributed by atoms with Crippen LogP contribution in [0.15, 0.2) is 53.0 Å². The Morgan fingerprint density at radius 1 is 0.857 bits per heavy atom. The summed E-state index contributed by atoms with van der Waals surface area (Å²) in [6.45, 7) is 0. The lowest BCUT2D eigenvalue weighted by Crippen LogP contribution is -1.79. The Morgan fingerprint density at radius 2 is 1.57 bits per heavy atom. The molecule has 0 saturated carbocycles. The number of rotatable bonds is 1. The van der Waals surface area contributed by atoms with Gasteiger partial charge in [0.25, 0.3) is 0 Å². The van der Waals surface area contributed by atoms with Gasteiger partial charge in [-0.25, -0.2) is 0 Å². The molecule has 0 radical (unpaired) electrons. The van der Waals surface area contributed by atoms with Crippen molar-refractivity contribution in [3.8, 4) is 11.1 Å². The maximum absolute atomic E-state index is 6.18. The van der Waals surface area contributed by atoms with Crippen LogP contribution in [-0.2, 0) is 0 Å². The summed E-state index contributed by atoms with van der Waals surface area (Å²) < 4.78 is 0.931. The highest BCUT2D eigenvalue weighted by Crippen LogP contribution is 2.33. The molecule has 0 aromatic heterocycles. The van der Waals surface area contributed by atoms with Crippen molar-refractivity contribution in [2.24, 2.45) is 0 Å². The highest BCUT2D eigenvalue weighted by molar-refractivity contribution is 9.10. The van der Waals surface area contributed by atoms with Gasteiger partial charge in [0.2, 0.25) is 0 Å². The Hall–Kier alpha value is -0.790. The molecule has 0 aliphatic rings. The molecule has 70 valence electrons. The van der Waals surface area contributed by atoms with Crippen molar-refractivity contribution in [3.05, 3.63) is 58.0 Å². The summed E-state index contributed by atoms with van der Waals surface area (Å²) in [6.07, 6.45) is 0. The molecule has 2 rings (SSSR count). The van der Waals surface area contributed by atoms with Gasteiger partial charge < -0.3 is 0 Å². The van der Waals surface area contributed by atoms with Crippen LogP contribution in [0.25, 0.3) is 11.1 Å². The minimum atomic E-state index is 0.763. The van der Waals surface area contributed by atoms with E-state index in [0.29, 0.717) is 0 Å². The van der Waals surface area contributed by atoms with Gasteiger partial charge in [-0.2, -0.15) is 0 Å². The summed E-state index contributed by atoms with van der Waals surface area (Å²) in [5, 5.41) is 0.763. The van der Waals surface area contributed by atoms with Gasteiger partial charge in [0, 0.05) is 10.0 Å². The van der Waals surface area contributed by atoms with Crippen LogP contribution in [0.4, 0.5) is 0 Å². The quantitative estimate of drug-likeness (QED) is 0.698. The third-order valence-electron chi connectivity index (χ3n) is 2.04. The van der Waals surface area contributed by atoms with Gasteiger partial charge in [-0.3, -0.25) is 0 Å². The Bertz CT molecular complexity index is 437. The summed E-state index contributed by atoms with van der Waals surface area (Å²) >= 11 is 9.59. The predicted molar refractivity (Wildman–Crippen MR) is 64.6 cm³/mol. The van der Waals surface area contributed by atoms with Crippen molar-refractivity contribution in [2.75, 3.05) is 0 Å². The van der Waals surface area contributed by atoms with Gasteiger partial charge in [0.05, 0.1) is 5.02 Å². The van der Waals surface area contributed by atoms with E-state index < -0.39 is 0 Å². The van der Waals surface area contributed by atoms with Crippen LogP contribution in [0.2, 0.25) is 5.02 Å². The molecular formula is C12H8BrCl. The Kier molecular flexibility index (Phi) is 2.90. The zero-order chi connectivity index (χ0) is 9.97. The van der Waals surface area contributed by atoms with E-state index in [1.165, 1.54) is 0 Å². The average Bonchev–Trinajstić information content (AvgIpc) is 2.23. The summed E-state index contributed by atoms with van der Waals surface area (Å²) in [7, 11) is 0. The van der Waals surface area contributed by atoms with Gasteiger partial charge in [-0.1, -0.05) is 54.1 Å². The SMILES string of the molecule is Clc1c(Br)cccc1-c1ccccc1. The summed E-state index contributed by atoms with van der Waals surface area (Å²) in [4.78, 5) is 0. The molecule has 0 spiro atoms. The lowest BCUT2D eigenvalue weighted by atomic mass is 10.1. The van der Waals surface area contributed by atoms with Crippen molar-refractivity contribution < 1.29 is 0 Å². The summed E-state index contributed by atoms with van der Waals surface area (Å²) in [6, 6.07) is 16.0. The lowest BCUT2D eigenvalue weighted by molar-refractivity contribution is 1.59. The first-order valence-corrected chi connectivity index (χ1v) is 5.45. The van der Waals surface area contributed by atoms with Crippen LogP contribution in [0.1, 0.15) is 0 Å². The van der Waals surface area contributed by atoms with Crippen molar-refractivity contribution >= 4 is 27.5 Å². The fourth-order valence-electron chi connectivity index (χ4n) is 1.34. The molecule has 0 fully saturated rings. The number of benzene rings is 2. The molecule has 0 amide bonds. The molecule has 2 aromatic rings. The predicted octanol–water partition coefficient (Wildman–Crippen LogP) is 4.77. The molecule has 2 heteroatoms. The molecule has 0 atom stereocenters. The first-order chi connectivity index (χ1) is 6.79. The third-order valence-corrected chi connectivity index (χ3v) is 3.33. The van der Waals surface area contributed by atoms with E-state index in [9.17, 15) is 0 Å². The molecule has 0 nitrogen and oxygen atoms in total. The van der Waals surface area contributed by atoms with Crippen LogP contribution in [0, 0.1) is 0 Å². The topological polar surface area (TPSA) is 0 Å². The summed E-state index contributed by atoms with van der Waals surface area (Å²) in [5.74, 6) is 0. The van der Waals surface area contributed by atoms with Crippen LogP contribution in [0.3, 0.4) is 0 Å². The number of halogens is 2. The zero-order valence-electron chi connectivity index (χ0n) is 7.37. The van der Waals surface area contributed by atoms with E-state index in [1.54, 1.807) is 0 Å². The zero-order valence-corrected chi connectivity index (χ0v) is 9.72. The largest absolute Gasteiger partial charge is 0.0824 e. The van der Waals surface area contributed by atoms with E-state index >= 15 is 0 Å².